The summed E-state index contributed by atoms with van der Waals surface area (Å²) in [5, 5.41) is 14.4. The van der Waals surface area contributed by atoms with E-state index in [0.717, 1.165) is 12.8 Å². The van der Waals surface area contributed by atoms with Gasteiger partial charge in [0.25, 0.3) is 0 Å². The molecule has 2 amide bonds. The monoisotopic (exact) mass is 332 g/mol. The highest BCUT2D eigenvalue weighted by Gasteiger charge is 2.18. The minimum atomic E-state index is -1.14. The van der Waals surface area contributed by atoms with Crippen LogP contribution < -0.4 is 10.6 Å². The Balaban J connectivity index is 2.04. The Morgan fingerprint density at radius 2 is 1.76 bits per heavy atom. The maximum absolute atomic E-state index is 11.9. The second kappa shape index (κ2) is 6.98. The summed E-state index contributed by atoms with van der Waals surface area (Å²) in [6, 6.07) is 2.07. The maximum atomic E-state index is 11.9. The van der Waals surface area contributed by atoms with E-state index < -0.39 is 12.0 Å². The lowest BCUT2D eigenvalue weighted by atomic mass is 10.1. The fraction of sp³-hybridized carbons (Fsp3) is 0.385. The molecule has 0 unspecified atom stereocenters. The Kier molecular flexibility index (Phi) is 5.27. The zero-order chi connectivity index (χ0) is 15.4. The zero-order valence-corrected chi connectivity index (χ0v) is 12.5. The van der Waals surface area contributed by atoms with Crippen LogP contribution in [-0.4, -0.2) is 36.4 Å². The van der Waals surface area contributed by atoms with Crippen molar-refractivity contribution in [2.45, 2.75) is 18.9 Å². The summed E-state index contributed by atoms with van der Waals surface area (Å²) in [6.45, 7) is 1.22. The van der Waals surface area contributed by atoms with Crippen LogP contribution in [0.15, 0.2) is 12.1 Å². The molecule has 21 heavy (non-hydrogen) atoms. The van der Waals surface area contributed by atoms with E-state index in [1.807, 2.05) is 0 Å². The average molecular weight is 333 g/mol. The molecule has 1 heterocycles. The molecular weight excluding hydrogens is 319 g/mol. The number of ether oxygens (including phenoxy) is 1. The van der Waals surface area contributed by atoms with Gasteiger partial charge >= 0.3 is 12.0 Å². The number of urea groups is 1. The van der Waals surface area contributed by atoms with Gasteiger partial charge in [-0.05, 0) is 25.0 Å². The second-order valence-electron chi connectivity index (χ2n) is 4.61. The van der Waals surface area contributed by atoms with Gasteiger partial charge < -0.3 is 20.5 Å². The molecule has 3 N–H and O–H groups in total. The van der Waals surface area contributed by atoms with Gasteiger partial charge in [0, 0.05) is 19.3 Å². The summed E-state index contributed by atoms with van der Waals surface area (Å²) < 4.78 is 5.20. The number of nitrogens with one attached hydrogen (secondary N) is 2. The zero-order valence-electron chi connectivity index (χ0n) is 11.0. The number of anilines is 1. The summed E-state index contributed by atoms with van der Waals surface area (Å²) in [6.07, 6.45) is 1.49. The Morgan fingerprint density at radius 1 is 1.19 bits per heavy atom. The molecule has 0 saturated carbocycles. The lowest BCUT2D eigenvalue weighted by Crippen LogP contribution is -2.41. The summed E-state index contributed by atoms with van der Waals surface area (Å²) in [5.74, 6) is -1.14. The molecule has 0 spiro atoms. The minimum Gasteiger partial charge on any atom is -0.478 e. The third-order valence-electron chi connectivity index (χ3n) is 3.08. The van der Waals surface area contributed by atoms with Crippen LogP contribution in [0.4, 0.5) is 10.5 Å². The molecular formula is C13H14Cl2N2O4. The standard InChI is InChI=1S/C13H14Cl2N2O4/c14-9-5-7(12(18)19)6-10(15)11(9)17-13(20)16-8-1-3-21-4-2-8/h5-6,8H,1-4H2,(H,18,19)(H2,16,17,20). The van der Waals surface area contributed by atoms with E-state index in [1.54, 1.807) is 0 Å². The number of benzene rings is 1. The van der Waals surface area contributed by atoms with E-state index in [1.165, 1.54) is 12.1 Å². The maximum Gasteiger partial charge on any atom is 0.335 e. The second-order valence-corrected chi connectivity index (χ2v) is 5.42. The van der Waals surface area contributed by atoms with Crippen LogP contribution in [0.2, 0.25) is 10.0 Å². The predicted molar refractivity (Wildman–Crippen MR) is 79.4 cm³/mol. The summed E-state index contributed by atoms with van der Waals surface area (Å²) >= 11 is 11.9. The third-order valence-corrected chi connectivity index (χ3v) is 3.68. The molecule has 114 valence electrons. The number of amides is 2. The summed E-state index contributed by atoms with van der Waals surface area (Å²) in [5.41, 5.74) is 0.147. The van der Waals surface area contributed by atoms with Crippen LogP contribution in [-0.2, 0) is 4.74 Å². The predicted octanol–water partition coefficient (Wildman–Crippen LogP) is 2.99. The molecule has 1 aromatic carbocycles. The molecule has 0 aromatic heterocycles. The Morgan fingerprint density at radius 3 is 2.29 bits per heavy atom. The molecule has 0 aliphatic carbocycles. The number of carboxylic acids is 1. The molecule has 6 nitrogen and oxygen atoms in total. The molecule has 1 saturated heterocycles. The Hall–Kier alpha value is -1.50. The third kappa shape index (κ3) is 4.23. The minimum absolute atomic E-state index is 0.0367. The van der Waals surface area contributed by atoms with E-state index in [0.29, 0.717) is 13.2 Å². The van der Waals surface area contributed by atoms with Gasteiger partial charge in [-0.1, -0.05) is 23.2 Å². The van der Waals surface area contributed by atoms with Crippen molar-refractivity contribution in [2.24, 2.45) is 0 Å². The van der Waals surface area contributed by atoms with Crippen molar-refractivity contribution in [1.29, 1.82) is 0 Å². The van der Waals surface area contributed by atoms with Crippen LogP contribution in [0.5, 0.6) is 0 Å². The van der Waals surface area contributed by atoms with Crippen LogP contribution in [0.25, 0.3) is 0 Å². The molecule has 1 aromatic rings. The number of carbonyl (C=O) groups is 2. The van der Waals surface area contributed by atoms with Gasteiger partial charge in [-0.3, -0.25) is 0 Å². The van der Waals surface area contributed by atoms with Crippen molar-refractivity contribution >= 4 is 40.9 Å². The largest absolute Gasteiger partial charge is 0.478 e. The van der Waals surface area contributed by atoms with Crippen LogP contribution >= 0.6 is 23.2 Å². The van der Waals surface area contributed by atoms with Gasteiger partial charge in [0.15, 0.2) is 0 Å². The van der Waals surface area contributed by atoms with Crippen molar-refractivity contribution in [1.82, 2.24) is 5.32 Å². The fourth-order valence-electron chi connectivity index (χ4n) is 1.99. The van der Waals surface area contributed by atoms with E-state index in [2.05, 4.69) is 10.6 Å². The lowest BCUT2D eigenvalue weighted by molar-refractivity contribution is 0.0696. The number of rotatable bonds is 3. The van der Waals surface area contributed by atoms with Crippen molar-refractivity contribution < 1.29 is 19.4 Å². The SMILES string of the molecule is O=C(Nc1c(Cl)cc(C(=O)O)cc1Cl)NC1CCOCC1. The lowest BCUT2D eigenvalue weighted by Gasteiger charge is -2.23. The van der Waals surface area contributed by atoms with Crippen molar-refractivity contribution in [2.75, 3.05) is 18.5 Å². The first-order valence-corrected chi connectivity index (χ1v) is 7.10. The highest BCUT2D eigenvalue weighted by Crippen LogP contribution is 2.31. The molecule has 1 aliphatic rings. The summed E-state index contributed by atoms with van der Waals surface area (Å²) in [7, 11) is 0. The Labute approximate surface area is 131 Å². The first-order valence-electron chi connectivity index (χ1n) is 6.35. The number of hydrogen-bond donors (Lipinski definition) is 3. The van der Waals surface area contributed by atoms with E-state index in [-0.39, 0.29) is 27.3 Å². The normalized spacial score (nSPS) is 15.5. The molecule has 0 bridgehead atoms. The molecule has 1 fully saturated rings. The molecule has 0 radical (unpaired) electrons. The highest BCUT2D eigenvalue weighted by atomic mass is 35.5. The quantitative estimate of drug-likeness (QED) is 0.793. The average Bonchev–Trinajstić information content (AvgIpc) is 2.43. The van der Waals surface area contributed by atoms with Crippen LogP contribution in [0.1, 0.15) is 23.2 Å². The van der Waals surface area contributed by atoms with Gasteiger partial charge in [0.2, 0.25) is 0 Å². The smallest absolute Gasteiger partial charge is 0.335 e. The van der Waals surface area contributed by atoms with Crippen molar-refractivity contribution in [3.05, 3.63) is 27.7 Å². The number of aromatic carboxylic acids is 1. The first-order chi connectivity index (χ1) is 9.97. The number of halogens is 2. The molecule has 2 rings (SSSR count). The fourth-order valence-corrected chi connectivity index (χ4v) is 2.57. The van der Waals surface area contributed by atoms with Crippen molar-refractivity contribution in [3.8, 4) is 0 Å². The number of hydrogen-bond acceptors (Lipinski definition) is 3. The van der Waals surface area contributed by atoms with Gasteiger partial charge in [-0.2, -0.15) is 0 Å². The number of carbonyl (C=O) groups excluding carboxylic acids is 1. The number of carboxylic acid groups (broad SMARTS) is 1. The molecule has 8 heteroatoms. The summed E-state index contributed by atoms with van der Waals surface area (Å²) in [4.78, 5) is 22.8. The highest BCUT2D eigenvalue weighted by molar-refractivity contribution is 6.40. The van der Waals surface area contributed by atoms with Gasteiger partial charge in [-0.25, -0.2) is 9.59 Å². The Bertz CT molecular complexity index is 536. The molecule has 0 atom stereocenters. The van der Waals surface area contributed by atoms with Crippen molar-refractivity contribution in [3.63, 3.8) is 0 Å². The van der Waals surface area contributed by atoms with E-state index in [9.17, 15) is 9.59 Å². The van der Waals surface area contributed by atoms with Crippen LogP contribution in [0, 0.1) is 0 Å². The van der Waals surface area contributed by atoms with E-state index >= 15 is 0 Å². The van der Waals surface area contributed by atoms with Crippen LogP contribution in [0.3, 0.4) is 0 Å². The van der Waals surface area contributed by atoms with Gasteiger partial charge in [0.1, 0.15) is 0 Å². The van der Waals surface area contributed by atoms with Gasteiger partial charge in [0.05, 0.1) is 21.3 Å². The first kappa shape index (κ1) is 15.9. The topological polar surface area (TPSA) is 87.7 Å². The molecule has 1 aliphatic heterocycles. The van der Waals surface area contributed by atoms with E-state index in [4.69, 9.17) is 33.0 Å². The van der Waals surface area contributed by atoms with Gasteiger partial charge in [-0.15, -0.1) is 0 Å².